The molecule has 0 atom stereocenters. The quantitative estimate of drug-likeness (QED) is 0.149. The number of fused-ring (bicyclic) bond motifs is 1. The van der Waals surface area contributed by atoms with Crippen LogP contribution in [0.2, 0.25) is 0 Å². The lowest BCUT2D eigenvalue weighted by Crippen LogP contribution is -2.48. The molecule has 4 aromatic rings. The number of para-hydroxylation sites is 1. The number of hydrogen-bond acceptors (Lipinski definition) is 7. The average Bonchev–Trinajstić information content (AvgIpc) is 3.39. The van der Waals surface area contributed by atoms with E-state index in [1.165, 1.54) is 44.1 Å². The SMILES string of the molecule is CCOc1cc(/C=N/Nc2nc3ccccc3s2)ccc1OCC(=O)Nc1ccc(C23CC4CC(CC(C4)C2)C3)cc1. The lowest BCUT2D eigenvalue weighted by Gasteiger charge is -2.57. The summed E-state index contributed by atoms with van der Waals surface area (Å²) in [6, 6.07) is 22.1. The molecule has 4 saturated carbocycles. The molecule has 42 heavy (non-hydrogen) atoms. The molecule has 4 aliphatic carbocycles. The Kier molecular flexibility index (Phi) is 7.32. The zero-order valence-electron chi connectivity index (χ0n) is 23.8. The van der Waals surface area contributed by atoms with Crippen molar-refractivity contribution in [2.75, 3.05) is 24.0 Å². The van der Waals surface area contributed by atoms with Gasteiger partial charge in [0.25, 0.3) is 5.91 Å². The van der Waals surface area contributed by atoms with E-state index in [0.717, 1.165) is 44.4 Å². The predicted octanol–water partition coefficient (Wildman–Crippen LogP) is 7.63. The largest absolute Gasteiger partial charge is 0.490 e. The summed E-state index contributed by atoms with van der Waals surface area (Å²) >= 11 is 1.55. The van der Waals surface area contributed by atoms with E-state index in [2.05, 4.69) is 33.0 Å². The third-order valence-electron chi connectivity index (χ3n) is 9.11. The van der Waals surface area contributed by atoms with Crippen molar-refractivity contribution in [3.63, 3.8) is 0 Å². The summed E-state index contributed by atoms with van der Waals surface area (Å²) in [5, 5.41) is 8.05. The normalized spacial score (nSPS) is 24.3. The first-order valence-corrected chi connectivity index (χ1v) is 15.8. The summed E-state index contributed by atoms with van der Waals surface area (Å²) in [5.41, 5.74) is 7.39. The number of carbonyl (C=O) groups excluding carboxylic acids is 1. The van der Waals surface area contributed by atoms with E-state index in [-0.39, 0.29) is 12.5 Å². The Hall–Kier alpha value is -3.91. The average molecular weight is 581 g/mol. The number of nitrogens with one attached hydrogen (secondary N) is 2. The highest BCUT2D eigenvalue weighted by molar-refractivity contribution is 7.22. The molecular weight excluding hydrogens is 544 g/mol. The minimum absolute atomic E-state index is 0.108. The molecule has 0 radical (unpaired) electrons. The molecule has 1 heterocycles. The summed E-state index contributed by atoms with van der Waals surface area (Å²) in [6.07, 6.45) is 10.0. The van der Waals surface area contributed by atoms with Crippen LogP contribution in [0, 0.1) is 17.8 Å². The smallest absolute Gasteiger partial charge is 0.262 e. The van der Waals surface area contributed by atoms with Crippen molar-refractivity contribution in [1.82, 2.24) is 4.98 Å². The molecule has 1 amide bonds. The molecule has 4 aliphatic rings. The molecular formula is C34H36N4O3S. The number of hydrogen-bond donors (Lipinski definition) is 2. The highest BCUT2D eigenvalue weighted by Crippen LogP contribution is 2.60. The number of anilines is 2. The van der Waals surface area contributed by atoms with Gasteiger partial charge in [0.2, 0.25) is 5.13 Å². The minimum Gasteiger partial charge on any atom is -0.490 e. The van der Waals surface area contributed by atoms with Gasteiger partial charge in [0.1, 0.15) is 0 Å². The Balaban J connectivity index is 0.947. The van der Waals surface area contributed by atoms with Gasteiger partial charge in [0.05, 0.1) is 23.0 Å². The molecule has 4 bridgehead atoms. The molecule has 3 aromatic carbocycles. The number of carbonyl (C=O) groups is 1. The first-order valence-electron chi connectivity index (χ1n) is 15.0. The van der Waals surface area contributed by atoms with Crippen LogP contribution in [-0.4, -0.2) is 30.3 Å². The van der Waals surface area contributed by atoms with Crippen LogP contribution in [0.15, 0.2) is 71.8 Å². The Morgan fingerprint density at radius 1 is 0.976 bits per heavy atom. The van der Waals surface area contributed by atoms with Crippen LogP contribution in [0.4, 0.5) is 10.8 Å². The molecule has 0 unspecified atom stereocenters. The van der Waals surface area contributed by atoms with Gasteiger partial charge in [-0.05, 0) is 122 Å². The standard InChI is InChI=1S/C34H36N4O3S/c1-2-40-30-16-22(20-35-38-33-37-28-5-3-4-6-31(28)42-33)7-12-29(30)41-21-32(39)36-27-10-8-26(9-11-27)34-17-23-13-24(18-34)15-25(14-23)19-34/h3-12,16,20,23-25H,2,13-15,17-19,21H2,1H3,(H,36,39)(H,37,38)/b35-20+. The lowest BCUT2D eigenvalue weighted by atomic mass is 9.48. The van der Waals surface area contributed by atoms with Crippen molar-refractivity contribution in [3.05, 3.63) is 77.9 Å². The van der Waals surface area contributed by atoms with Crippen LogP contribution in [0.1, 0.15) is 56.6 Å². The highest BCUT2D eigenvalue weighted by atomic mass is 32.1. The monoisotopic (exact) mass is 580 g/mol. The third kappa shape index (κ3) is 5.60. The second kappa shape index (κ2) is 11.4. The van der Waals surface area contributed by atoms with E-state index in [1.807, 2.05) is 55.5 Å². The van der Waals surface area contributed by atoms with Gasteiger partial charge in [-0.2, -0.15) is 5.10 Å². The van der Waals surface area contributed by atoms with E-state index in [1.54, 1.807) is 23.6 Å². The van der Waals surface area contributed by atoms with Crippen molar-refractivity contribution in [2.24, 2.45) is 22.9 Å². The number of hydrazone groups is 1. The second-order valence-electron chi connectivity index (χ2n) is 12.1. The first kappa shape index (κ1) is 27.0. The van der Waals surface area contributed by atoms with Gasteiger partial charge in [-0.3, -0.25) is 10.2 Å². The minimum atomic E-state index is -0.203. The molecule has 216 valence electrons. The molecule has 8 rings (SSSR count). The van der Waals surface area contributed by atoms with Crippen LogP contribution in [-0.2, 0) is 10.2 Å². The molecule has 0 spiro atoms. The predicted molar refractivity (Wildman–Crippen MR) is 169 cm³/mol. The molecule has 1 aromatic heterocycles. The zero-order valence-corrected chi connectivity index (χ0v) is 24.7. The van der Waals surface area contributed by atoms with Crippen molar-refractivity contribution in [1.29, 1.82) is 0 Å². The number of ether oxygens (including phenoxy) is 2. The highest BCUT2D eigenvalue weighted by Gasteiger charge is 2.51. The summed E-state index contributed by atoms with van der Waals surface area (Å²) in [5.74, 6) is 3.62. The van der Waals surface area contributed by atoms with Crippen LogP contribution in [0.25, 0.3) is 10.2 Å². The van der Waals surface area contributed by atoms with Crippen LogP contribution in [0.3, 0.4) is 0 Å². The van der Waals surface area contributed by atoms with Gasteiger partial charge in [0.15, 0.2) is 18.1 Å². The van der Waals surface area contributed by atoms with Crippen LogP contribution >= 0.6 is 11.3 Å². The maximum Gasteiger partial charge on any atom is 0.262 e. The van der Waals surface area contributed by atoms with E-state index in [9.17, 15) is 4.79 Å². The number of aromatic nitrogens is 1. The van der Waals surface area contributed by atoms with Crippen LogP contribution in [0.5, 0.6) is 11.5 Å². The number of benzene rings is 3. The van der Waals surface area contributed by atoms with Crippen molar-refractivity contribution in [3.8, 4) is 11.5 Å². The molecule has 0 aliphatic heterocycles. The van der Waals surface area contributed by atoms with Gasteiger partial charge in [0, 0.05) is 5.69 Å². The second-order valence-corrected chi connectivity index (χ2v) is 13.1. The Morgan fingerprint density at radius 2 is 1.71 bits per heavy atom. The van der Waals surface area contributed by atoms with E-state index in [4.69, 9.17) is 9.47 Å². The van der Waals surface area contributed by atoms with Gasteiger partial charge in [-0.15, -0.1) is 0 Å². The molecule has 2 N–H and O–H groups in total. The van der Waals surface area contributed by atoms with Crippen molar-refractivity contribution >= 4 is 44.5 Å². The third-order valence-corrected chi connectivity index (χ3v) is 10.1. The zero-order chi connectivity index (χ0) is 28.5. The first-order chi connectivity index (χ1) is 20.5. The fourth-order valence-corrected chi connectivity index (χ4v) is 8.60. The molecule has 0 saturated heterocycles. The lowest BCUT2D eigenvalue weighted by molar-refractivity contribution is -0.118. The number of rotatable bonds is 10. The summed E-state index contributed by atoms with van der Waals surface area (Å²) in [7, 11) is 0. The fraction of sp³-hybridized carbons (Fsp3) is 0.382. The Bertz CT molecular complexity index is 1540. The topological polar surface area (TPSA) is 84.8 Å². The summed E-state index contributed by atoms with van der Waals surface area (Å²) < 4.78 is 12.8. The molecule has 7 nitrogen and oxygen atoms in total. The summed E-state index contributed by atoms with van der Waals surface area (Å²) in [6.45, 7) is 2.28. The number of amides is 1. The fourth-order valence-electron chi connectivity index (χ4n) is 7.79. The maximum absolute atomic E-state index is 12.8. The van der Waals surface area contributed by atoms with Gasteiger partial charge >= 0.3 is 0 Å². The van der Waals surface area contributed by atoms with E-state index >= 15 is 0 Å². The Morgan fingerprint density at radius 3 is 2.43 bits per heavy atom. The van der Waals surface area contributed by atoms with E-state index < -0.39 is 0 Å². The summed E-state index contributed by atoms with van der Waals surface area (Å²) in [4.78, 5) is 17.3. The molecule has 4 fully saturated rings. The van der Waals surface area contributed by atoms with Crippen molar-refractivity contribution < 1.29 is 14.3 Å². The molecule has 8 heteroatoms. The maximum atomic E-state index is 12.8. The van der Waals surface area contributed by atoms with Crippen LogP contribution < -0.4 is 20.2 Å². The number of nitrogens with zero attached hydrogens (tertiary/aromatic N) is 2. The van der Waals surface area contributed by atoms with Gasteiger partial charge in [-0.25, -0.2) is 4.98 Å². The van der Waals surface area contributed by atoms with Gasteiger partial charge in [-0.1, -0.05) is 35.6 Å². The van der Waals surface area contributed by atoms with Crippen molar-refractivity contribution in [2.45, 2.75) is 50.9 Å². The van der Waals surface area contributed by atoms with Gasteiger partial charge < -0.3 is 14.8 Å². The van der Waals surface area contributed by atoms with E-state index in [0.29, 0.717) is 23.5 Å². The number of thiazole rings is 1. The Labute approximate surface area is 250 Å².